The zero-order chi connectivity index (χ0) is 16.8. The second kappa shape index (κ2) is 8.26. The van der Waals surface area contributed by atoms with Crippen LogP contribution in [0.15, 0.2) is 22.8 Å². The number of thiophene rings is 1. The molecule has 0 saturated heterocycles. The van der Waals surface area contributed by atoms with Crippen LogP contribution in [0.5, 0.6) is 0 Å². The van der Waals surface area contributed by atoms with Gasteiger partial charge in [-0.1, -0.05) is 32.0 Å². The van der Waals surface area contributed by atoms with Crippen molar-refractivity contribution in [2.24, 2.45) is 5.92 Å². The smallest absolute Gasteiger partial charge is 0.328 e. The van der Waals surface area contributed by atoms with Crippen molar-refractivity contribution < 1.29 is 14.3 Å². The van der Waals surface area contributed by atoms with Crippen LogP contribution in [-0.2, 0) is 14.3 Å². The van der Waals surface area contributed by atoms with Gasteiger partial charge in [0, 0.05) is 5.39 Å². The molecule has 8 heteroatoms. The normalized spacial score (nSPS) is 13.5. The number of thioether (sulfide) groups is 1. The van der Waals surface area contributed by atoms with Gasteiger partial charge in [0.25, 0.3) is 0 Å². The summed E-state index contributed by atoms with van der Waals surface area (Å²) in [6.07, 6.45) is 2.27. The number of fused-ring (bicyclic) bond motifs is 1. The zero-order valence-electron chi connectivity index (χ0n) is 13.2. The third-order valence-corrected chi connectivity index (χ3v) is 5.38. The van der Waals surface area contributed by atoms with E-state index in [1.165, 1.54) is 36.5 Å². The molecule has 6 nitrogen and oxygen atoms in total. The Labute approximate surface area is 143 Å². The molecular formula is C15H19N3O3S2. The molecule has 23 heavy (non-hydrogen) atoms. The van der Waals surface area contributed by atoms with Crippen LogP contribution in [-0.4, -0.2) is 40.7 Å². The van der Waals surface area contributed by atoms with Crippen molar-refractivity contribution >= 4 is 45.2 Å². The van der Waals surface area contributed by atoms with Crippen LogP contribution < -0.4 is 5.32 Å². The number of carbonyl (C=O) groups excluding carboxylic acids is 2. The number of esters is 1. The highest BCUT2D eigenvalue weighted by Gasteiger charge is 2.26. The van der Waals surface area contributed by atoms with Gasteiger partial charge >= 0.3 is 5.97 Å². The summed E-state index contributed by atoms with van der Waals surface area (Å²) in [7, 11) is 1.33. The second-order valence-electron chi connectivity index (χ2n) is 5.06. The first-order valence-corrected chi connectivity index (χ1v) is 9.11. The molecule has 2 heterocycles. The van der Waals surface area contributed by atoms with Crippen LogP contribution in [0, 0.1) is 5.92 Å². The van der Waals surface area contributed by atoms with E-state index in [1.807, 2.05) is 25.3 Å². The lowest BCUT2D eigenvalue weighted by Crippen LogP contribution is -2.46. The first kappa shape index (κ1) is 17.7. The number of rotatable bonds is 7. The number of amides is 1. The van der Waals surface area contributed by atoms with E-state index in [4.69, 9.17) is 4.74 Å². The molecule has 1 N–H and O–H groups in total. The summed E-state index contributed by atoms with van der Waals surface area (Å²) in [5.41, 5.74) is 0. The standard InChI is InChI=1S/C15H19N3O3S2/c1-4-9(2)12(15(20)21-3)18-11(19)7-23-14-10-5-6-22-13(10)16-8-17-14/h5-6,8-9,12H,4,7H2,1-3H3,(H,18,19). The Bertz CT molecular complexity index is 689. The minimum atomic E-state index is -0.621. The minimum Gasteiger partial charge on any atom is -0.467 e. The van der Waals surface area contributed by atoms with Gasteiger partial charge in [-0.05, 0) is 17.4 Å². The van der Waals surface area contributed by atoms with Crippen molar-refractivity contribution in [3.8, 4) is 0 Å². The van der Waals surface area contributed by atoms with Gasteiger partial charge in [-0.25, -0.2) is 14.8 Å². The van der Waals surface area contributed by atoms with Gasteiger partial charge in [-0.15, -0.1) is 11.3 Å². The fraction of sp³-hybridized carbons (Fsp3) is 0.467. The zero-order valence-corrected chi connectivity index (χ0v) is 14.9. The quantitative estimate of drug-likeness (QED) is 0.468. The number of carbonyl (C=O) groups is 2. The lowest BCUT2D eigenvalue weighted by atomic mass is 9.99. The van der Waals surface area contributed by atoms with Crippen molar-refractivity contribution in [3.05, 3.63) is 17.8 Å². The van der Waals surface area contributed by atoms with E-state index < -0.39 is 12.0 Å². The predicted molar refractivity (Wildman–Crippen MR) is 91.5 cm³/mol. The topological polar surface area (TPSA) is 81.2 Å². The van der Waals surface area contributed by atoms with Gasteiger partial charge in [0.15, 0.2) is 0 Å². The summed E-state index contributed by atoms with van der Waals surface area (Å²) in [4.78, 5) is 33.3. The molecule has 0 saturated carbocycles. The lowest BCUT2D eigenvalue weighted by molar-refractivity contribution is -0.146. The average Bonchev–Trinajstić information content (AvgIpc) is 3.05. The summed E-state index contributed by atoms with van der Waals surface area (Å²) >= 11 is 2.87. The molecule has 0 bridgehead atoms. The first-order valence-electron chi connectivity index (χ1n) is 7.25. The Morgan fingerprint density at radius 1 is 1.43 bits per heavy atom. The van der Waals surface area contributed by atoms with Crippen LogP contribution in [0.3, 0.4) is 0 Å². The van der Waals surface area contributed by atoms with Gasteiger partial charge in [-0.2, -0.15) is 0 Å². The molecule has 2 atom stereocenters. The maximum atomic E-state index is 12.2. The molecule has 0 aromatic carbocycles. The van der Waals surface area contributed by atoms with E-state index >= 15 is 0 Å². The maximum Gasteiger partial charge on any atom is 0.328 e. The third-order valence-electron chi connectivity index (χ3n) is 3.55. The molecule has 2 aromatic rings. The fourth-order valence-corrected chi connectivity index (χ4v) is 3.62. The highest BCUT2D eigenvalue weighted by Crippen LogP contribution is 2.27. The SMILES string of the molecule is CCC(C)C(NC(=O)CSc1ncnc2sccc12)C(=O)OC. The Hall–Kier alpha value is -1.67. The monoisotopic (exact) mass is 353 g/mol. The van der Waals surface area contributed by atoms with Crippen LogP contribution in [0.4, 0.5) is 0 Å². The van der Waals surface area contributed by atoms with Gasteiger partial charge in [0.05, 0.1) is 12.9 Å². The Balaban J connectivity index is 1.98. The highest BCUT2D eigenvalue weighted by atomic mass is 32.2. The number of nitrogens with zero attached hydrogens (tertiary/aromatic N) is 2. The molecule has 124 valence electrons. The molecule has 0 spiro atoms. The molecule has 2 aromatic heterocycles. The van der Waals surface area contributed by atoms with E-state index in [0.717, 1.165) is 21.7 Å². The van der Waals surface area contributed by atoms with Crippen molar-refractivity contribution in [1.29, 1.82) is 0 Å². The van der Waals surface area contributed by atoms with E-state index in [9.17, 15) is 9.59 Å². The summed E-state index contributed by atoms with van der Waals surface area (Å²) < 4.78 is 4.77. The number of nitrogens with one attached hydrogen (secondary N) is 1. The van der Waals surface area contributed by atoms with Crippen LogP contribution in [0.25, 0.3) is 10.2 Å². The van der Waals surface area contributed by atoms with Crippen LogP contribution in [0.2, 0.25) is 0 Å². The van der Waals surface area contributed by atoms with E-state index in [-0.39, 0.29) is 17.6 Å². The molecule has 0 aliphatic rings. The highest BCUT2D eigenvalue weighted by molar-refractivity contribution is 8.00. The fourth-order valence-electron chi connectivity index (χ4n) is 2.03. The molecule has 2 rings (SSSR count). The minimum absolute atomic E-state index is 0.0130. The van der Waals surface area contributed by atoms with Crippen LogP contribution >= 0.6 is 23.1 Å². The Kier molecular flexibility index (Phi) is 6.35. The molecule has 0 radical (unpaired) electrons. The summed E-state index contributed by atoms with van der Waals surface area (Å²) in [5.74, 6) is -0.432. The van der Waals surface area contributed by atoms with E-state index in [2.05, 4.69) is 15.3 Å². The second-order valence-corrected chi connectivity index (χ2v) is 6.92. The molecule has 1 amide bonds. The number of methoxy groups -OCH3 is 1. The first-order chi connectivity index (χ1) is 11.1. The number of aromatic nitrogens is 2. The molecule has 2 unspecified atom stereocenters. The number of hydrogen-bond donors (Lipinski definition) is 1. The number of hydrogen-bond acceptors (Lipinski definition) is 7. The summed E-state index contributed by atoms with van der Waals surface area (Å²) in [5, 5.41) is 6.41. The third kappa shape index (κ3) is 4.42. The van der Waals surface area contributed by atoms with Crippen molar-refractivity contribution in [1.82, 2.24) is 15.3 Å². The molecular weight excluding hydrogens is 334 g/mol. The largest absolute Gasteiger partial charge is 0.467 e. The van der Waals surface area contributed by atoms with Gasteiger partial charge < -0.3 is 10.1 Å². The average molecular weight is 353 g/mol. The number of ether oxygens (including phenoxy) is 1. The predicted octanol–water partition coefficient (Wildman–Crippen LogP) is 2.49. The van der Waals surface area contributed by atoms with Crippen molar-refractivity contribution in [2.45, 2.75) is 31.3 Å². The van der Waals surface area contributed by atoms with E-state index in [1.54, 1.807) is 0 Å². The molecule has 0 aliphatic heterocycles. The van der Waals surface area contributed by atoms with E-state index in [0.29, 0.717) is 0 Å². The Morgan fingerprint density at radius 3 is 2.91 bits per heavy atom. The maximum absolute atomic E-state index is 12.2. The Morgan fingerprint density at radius 2 is 2.22 bits per heavy atom. The summed E-state index contributed by atoms with van der Waals surface area (Å²) in [6, 6.07) is 1.32. The van der Waals surface area contributed by atoms with Gasteiger partial charge in [0.1, 0.15) is 22.2 Å². The van der Waals surface area contributed by atoms with Crippen LogP contribution in [0.1, 0.15) is 20.3 Å². The van der Waals surface area contributed by atoms with Gasteiger partial charge in [-0.3, -0.25) is 4.79 Å². The molecule has 0 aliphatic carbocycles. The summed E-state index contributed by atoms with van der Waals surface area (Å²) in [6.45, 7) is 3.88. The van der Waals surface area contributed by atoms with Crippen molar-refractivity contribution in [3.63, 3.8) is 0 Å². The molecule has 0 fully saturated rings. The van der Waals surface area contributed by atoms with Crippen molar-refractivity contribution in [2.75, 3.05) is 12.9 Å². The van der Waals surface area contributed by atoms with Gasteiger partial charge in [0.2, 0.25) is 5.91 Å². The lowest BCUT2D eigenvalue weighted by Gasteiger charge is -2.21.